The van der Waals surface area contributed by atoms with Crippen molar-refractivity contribution >= 4 is 0 Å². The van der Waals surface area contributed by atoms with Gasteiger partial charge in [-0.1, -0.05) is 72.4 Å². The topological polar surface area (TPSA) is 0 Å². The summed E-state index contributed by atoms with van der Waals surface area (Å²) >= 11 is 0. The Kier molecular flexibility index (Phi) is 2.41. The lowest BCUT2D eigenvalue weighted by molar-refractivity contribution is 0.877. The third-order valence-electron chi connectivity index (χ3n) is 4.28. The Bertz CT molecular complexity index is 667. The van der Waals surface area contributed by atoms with E-state index in [0.29, 0.717) is 5.92 Å². The largest absolute Gasteiger partial charge is 0.0841 e. The molecule has 1 unspecified atom stereocenters. The van der Waals surface area contributed by atoms with Crippen molar-refractivity contribution < 1.29 is 0 Å². The van der Waals surface area contributed by atoms with Gasteiger partial charge in [-0.2, -0.15) is 0 Å². The third kappa shape index (κ3) is 1.60. The zero-order chi connectivity index (χ0) is 12.7. The van der Waals surface area contributed by atoms with Gasteiger partial charge in [0.1, 0.15) is 0 Å². The molecule has 4 rings (SSSR count). The van der Waals surface area contributed by atoms with Crippen LogP contribution in [0.15, 0.2) is 94.7 Å². The van der Waals surface area contributed by atoms with E-state index >= 15 is 0 Å². The molecule has 0 saturated heterocycles. The summed E-state index contributed by atoms with van der Waals surface area (Å²) in [4.78, 5) is 0. The highest BCUT2D eigenvalue weighted by Gasteiger charge is 2.32. The van der Waals surface area contributed by atoms with Crippen LogP contribution in [0.4, 0.5) is 0 Å². The predicted octanol–water partition coefficient (Wildman–Crippen LogP) is 4.74. The van der Waals surface area contributed by atoms with Crippen molar-refractivity contribution in [3.63, 3.8) is 0 Å². The third-order valence-corrected chi connectivity index (χ3v) is 4.28. The Morgan fingerprint density at radius 3 is 2.74 bits per heavy atom. The van der Waals surface area contributed by atoms with Gasteiger partial charge >= 0.3 is 0 Å². The van der Waals surface area contributed by atoms with Crippen molar-refractivity contribution in [2.45, 2.75) is 12.8 Å². The van der Waals surface area contributed by atoms with Crippen LogP contribution in [0, 0.1) is 5.92 Å². The maximum Gasteiger partial charge on any atom is 0.0252 e. The van der Waals surface area contributed by atoms with Gasteiger partial charge in [-0.05, 0) is 35.1 Å². The summed E-state index contributed by atoms with van der Waals surface area (Å²) in [5.74, 6) is 0.479. The molecule has 0 aromatic heterocycles. The molecule has 0 heteroatoms. The minimum absolute atomic E-state index is 0.479. The van der Waals surface area contributed by atoms with E-state index in [1.165, 1.54) is 16.7 Å². The second-order valence-electron chi connectivity index (χ2n) is 5.30. The maximum atomic E-state index is 2.35. The highest BCUT2D eigenvalue weighted by molar-refractivity contribution is 5.67. The number of rotatable bonds is 0. The molecule has 0 amide bonds. The van der Waals surface area contributed by atoms with E-state index in [0.717, 1.165) is 12.8 Å². The average Bonchev–Trinajstić information content (AvgIpc) is 2.58. The smallest absolute Gasteiger partial charge is 0.0252 e. The molecule has 0 spiro atoms. The Hall–Kier alpha value is -2.08. The first-order valence-electron chi connectivity index (χ1n) is 6.97. The second-order valence-corrected chi connectivity index (χ2v) is 5.30. The Labute approximate surface area is 114 Å². The van der Waals surface area contributed by atoms with Crippen LogP contribution in [0.5, 0.6) is 0 Å². The summed E-state index contributed by atoms with van der Waals surface area (Å²) in [6, 6.07) is 0. The van der Waals surface area contributed by atoms with Gasteiger partial charge in [0.2, 0.25) is 0 Å². The zero-order valence-corrected chi connectivity index (χ0v) is 10.8. The number of fused-ring (bicyclic) bond motifs is 2. The second kappa shape index (κ2) is 4.24. The van der Waals surface area contributed by atoms with E-state index in [9.17, 15) is 0 Å². The summed E-state index contributed by atoms with van der Waals surface area (Å²) < 4.78 is 0. The first-order valence-corrected chi connectivity index (χ1v) is 6.97. The molecule has 0 nitrogen and oxygen atoms in total. The Morgan fingerprint density at radius 1 is 0.842 bits per heavy atom. The molecule has 19 heavy (non-hydrogen) atoms. The van der Waals surface area contributed by atoms with Crippen LogP contribution < -0.4 is 0 Å². The van der Waals surface area contributed by atoms with E-state index in [4.69, 9.17) is 0 Å². The minimum Gasteiger partial charge on any atom is -0.0841 e. The van der Waals surface area contributed by atoms with Crippen LogP contribution in [-0.2, 0) is 0 Å². The molecule has 0 radical (unpaired) electrons. The van der Waals surface area contributed by atoms with Crippen LogP contribution in [0.3, 0.4) is 0 Å². The van der Waals surface area contributed by atoms with E-state index in [2.05, 4.69) is 66.8 Å². The van der Waals surface area contributed by atoms with Crippen molar-refractivity contribution in [1.82, 2.24) is 0 Å². The molecule has 0 saturated carbocycles. The molecular weight excluding hydrogens is 228 g/mol. The lowest BCUT2D eigenvalue weighted by atomic mass is 9.87. The van der Waals surface area contributed by atoms with Crippen LogP contribution in [0.2, 0.25) is 0 Å². The van der Waals surface area contributed by atoms with E-state index in [1.807, 2.05) is 0 Å². The lowest BCUT2D eigenvalue weighted by Gasteiger charge is -2.16. The van der Waals surface area contributed by atoms with Gasteiger partial charge in [-0.25, -0.2) is 0 Å². The average molecular weight is 244 g/mol. The molecule has 0 N–H and O–H groups in total. The molecule has 92 valence electrons. The molecule has 0 heterocycles. The van der Waals surface area contributed by atoms with Crippen LogP contribution in [0.1, 0.15) is 12.8 Å². The van der Waals surface area contributed by atoms with Crippen molar-refractivity contribution in [2.75, 3.05) is 0 Å². The SMILES string of the molecule is C1=C/C2=C/C=C\C=C/C3=C2C(C=C1)C1=C3CC=CC1. The van der Waals surface area contributed by atoms with Gasteiger partial charge in [-0.3, -0.25) is 0 Å². The first-order chi connectivity index (χ1) is 9.45. The summed E-state index contributed by atoms with van der Waals surface area (Å²) in [5.41, 5.74) is 7.47. The summed E-state index contributed by atoms with van der Waals surface area (Å²) in [5, 5.41) is 0. The number of hydrogen-bond acceptors (Lipinski definition) is 0. The summed E-state index contributed by atoms with van der Waals surface area (Å²) in [6.45, 7) is 0. The van der Waals surface area contributed by atoms with Gasteiger partial charge in [0.15, 0.2) is 0 Å². The Morgan fingerprint density at radius 2 is 1.74 bits per heavy atom. The van der Waals surface area contributed by atoms with Gasteiger partial charge < -0.3 is 0 Å². The highest BCUT2D eigenvalue weighted by Crippen LogP contribution is 2.48. The van der Waals surface area contributed by atoms with Crippen molar-refractivity contribution in [3.05, 3.63) is 94.7 Å². The van der Waals surface area contributed by atoms with E-state index in [-0.39, 0.29) is 0 Å². The molecular formula is C19H16. The number of allylic oxidation sites excluding steroid dienone is 16. The summed E-state index contributed by atoms with van der Waals surface area (Å²) in [7, 11) is 0. The molecule has 0 aromatic rings. The van der Waals surface area contributed by atoms with Gasteiger partial charge in [-0.15, -0.1) is 0 Å². The first kappa shape index (κ1) is 10.8. The maximum absolute atomic E-state index is 2.35. The fraction of sp³-hybridized carbons (Fsp3) is 0.158. The van der Waals surface area contributed by atoms with Crippen molar-refractivity contribution in [2.24, 2.45) is 5.92 Å². The van der Waals surface area contributed by atoms with Crippen LogP contribution in [0.25, 0.3) is 0 Å². The van der Waals surface area contributed by atoms with Gasteiger partial charge in [0.25, 0.3) is 0 Å². The minimum atomic E-state index is 0.479. The van der Waals surface area contributed by atoms with Crippen molar-refractivity contribution in [3.8, 4) is 0 Å². The van der Waals surface area contributed by atoms with Gasteiger partial charge in [0, 0.05) is 5.92 Å². The molecule has 4 aliphatic carbocycles. The van der Waals surface area contributed by atoms with Crippen LogP contribution in [-0.4, -0.2) is 0 Å². The number of hydrogen-bond donors (Lipinski definition) is 0. The Balaban J connectivity index is 1.96. The summed E-state index contributed by atoms with van der Waals surface area (Å²) in [6.07, 6.45) is 26.7. The molecule has 0 fully saturated rings. The van der Waals surface area contributed by atoms with Crippen molar-refractivity contribution in [1.29, 1.82) is 0 Å². The van der Waals surface area contributed by atoms with Crippen LogP contribution >= 0.6 is 0 Å². The zero-order valence-electron chi connectivity index (χ0n) is 10.8. The fourth-order valence-electron chi connectivity index (χ4n) is 3.45. The molecule has 0 bridgehead atoms. The quantitative estimate of drug-likeness (QED) is 0.540. The normalized spacial score (nSPS) is 33.1. The molecule has 0 aliphatic heterocycles. The highest BCUT2D eigenvalue weighted by atomic mass is 14.4. The molecule has 1 atom stereocenters. The van der Waals surface area contributed by atoms with E-state index < -0.39 is 0 Å². The fourth-order valence-corrected chi connectivity index (χ4v) is 3.45. The molecule has 0 aromatic carbocycles. The predicted molar refractivity (Wildman–Crippen MR) is 80.6 cm³/mol. The van der Waals surface area contributed by atoms with Gasteiger partial charge in [0.05, 0.1) is 0 Å². The standard InChI is InChI=1S/C19H16/c1-2-8-14-9-4-5-13-18-16-11-7-6-10-15(16)17(12-3-1)19(14)18/h1-9,12-13,18H,10-11H2/b2-1-,3-1?,8-2?,12-3-,14-8-,17-12?. The van der Waals surface area contributed by atoms with E-state index in [1.54, 1.807) is 11.1 Å². The lowest BCUT2D eigenvalue weighted by Crippen LogP contribution is -2.03. The monoisotopic (exact) mass is 244 g/mol. The molecule has 4 aliphatic rings.